The molecule has 1 aromatic rings. The van der Waals surface area contributed by atoms with Gasteiger partial charge in [-0.05, 0) is 32.1 Å². The number of hydrogen-bond acceptors (Lipinski definition) is 5. The van der Waals surface area contributed by atoms with Crippen molar-refractivity contribution in [3.05, 3.63) is 10.4 Å². The maximum absolute atomic E-state index is 12.1. The number of primary amides is 1. The topological polar surface area (TPSA) is 98.2 Å². The average Bonchev–Trinajstić information content (AvgIpc) is 3.07. The first-order valence-corrected chi connectivity index (χ1v) is 7.42. The van der Waals surface area contributed by atoms with Gasteiger partial charge in [-0.25, -0.2) is 0 Å². The minimum Gasteiger partial charge on any atom is -0.397 e. The number of carbonyl (C=O) groups is 2. The van der Waals surface area contributed by atoms with Crippen LogP contribution in [0.2, 0.25) is 0 Å². The Morgan fingerprint density at radius 2 is 1.89 bits per heavy atom. The summed E-state index contributed by atoms with van der Waals surface area (Å²) in [5.74, 6) is -0.407. The van der Waals surface area contributed by atoms with Crippen LogP contribution in [0.5, 0.6) is 0 Å². The summed E-state index contributed by atoms with van der Waals surface area (Å²) in [6.07, 6.45) is 5.21. The third-order valence-corrected chi connectivity index (χ3v) is 4.96. The van der Waals surface area contributed by atoms with Gasteiger partial charge in [0, 0.05) is 12.0 Å². The van der Waals surface area contributed by atoms with E-state index in [1.54, 1.807) is 0 Å². The molecule has 0 bridgehead atoms. The van der Waals surface area contributed by atoms with Crippen molar-refractivity contribution >= 4 is 33.7 Å². The largest absolute Gasteiger partial charge is 0.397 e. The van der Waals surface area contributed by atoms with Crippen LogP contribution in [-0.4, -0.2) is 17.7 Å². The smallest absolute Gasteiger partial charge is 0.253 e. The van der Waals surface area contributed by atoms with Crippen molar-refractivity contribution in [3.8, 4) is 0 Å². The molecule has 0 atom stereocenters. The zero-order valence-corrected chi connectivity index (χ0v) is 11.4. The van der Waals surface area contributed by atoms with E-state index in [1.165, 1.54) is 17.8 Å². The number of rotatable bonds is 5. The van der Waals surface area contributed by atoms with Gasteiger partial charge >= 0.3 is 0 Å². The van der Waals surface area contributed by atoms with E-state index < -0.39 is 5.91 Å². The molecule has 0 unspecified atom stereocenters. The second-order valence-electron chi connectivity index (χ2n) is 5.32. The standard InChI is InChI=1S/C13H17N3O2S/c14-9-8(12(15)18)13(16-7-2-1-3-7)19-11(9)10(17)6-4-5-6/h6-7,16H,1-5,14H2,(H2,15,18). The molecule has 1 aromatic heterocycles. The quantitative estimate of drug-likeness (QED) is 0.718. The first-order chi connectivity index (χ1) is 9.08. The normalized spacial score (nSPS) is 18.9. The van der Waals surface area contributed by atoms with Crippen LogP contribution in [-0.2, 0) is 0 Å². The van der Waals surface area contributed by atoms with Gasteiger partial charge in [0.15, 0.2) is 5.78 Å². The Labute approximate surface area is 115 Å². The highest BCUT2D eigenvalue weighted by Gasteiger charge is 2.35. The second-order valence-corrected chi connectivity index (χ2v) is 6.34. The SMILES string of the molecule is NC(=O)c1c(NC2CCC2)sc(C(=O)C2CC2)c1N. The Bertz CT molecular complexity index is 544. The Kier molecular flexibility index (Phi) is 2.97. The van der Waals surface area contributed by atoms with Crippen LogP contribution < -0.4 is 16.8 Å². The van der Waals surface area contributed by atoms with Gasteiger partial charge in [-0.3, -0.25) is 9.59 Å². The molecular weight excluding hydrogens is 262 g/mol. The third-order valence-electron chi connectivity index (χ3n) is 3.80. The first-order valence-electron chi connectivity index (χ1n) is 6.60. The zero-order valence-electron chi connectivity index (χ0n) is 10.6. The van der Waals surface area contributed by atoms with Crippen LogP contribution in [0.3, 0.4) is 0 Å². The Hall–Kier alpha value is -1.56. The van der Waals surface area contributed by atoms with Crippen molar-refractivity contribution < 1.29 is 9.59 Å². The molecule has 0 spiro atoms. The van der Waals surface area contributed by atoms with Crippen molar-refractivity contribution in [2.24, 2.45) is 11.7 Å². The van der Waals surface area contributed by atoms with E-state index in [0.29, 0.717) is 21.5 Å². The maximum Gasteiger partial charge on any atom is 0.253 e. The molecule has 5 N–H and O–H groups in total. The minimum absolute atomic E-state index is 0.0617. The van der Waals surface area contributed by atoms with E-state index in [-0.39, 0.29) is 17.4 Å². The van der Waals surface area contributed by atoms with Crippen molar-refractivity contribution in [1.29, 1.82) is 0 Å². The third kappa shape index (κ3) is 2.20. The second kappa shape index (κ2) is 4.52. The van der Waals surface area contributed by atoms with Crippen molar-refractivity contribution in [2.45, 2.75) is 38.1 Å². The molecule has 0 saturated heterocycles. The minimum atomic E-state index is -0.564. The van der Waals surface area contributed by atoms with E-state index in [0.717, 1.165) is 25.7 Å². The van der Waals surface area contributed by atoms with Crippen LogP contribution >= 0.6 is 11.3 Å². The van der Waals surface area contributed by atoms with Gasteiger partial charge in [0.25, 0.3) is 5.91 Å². The first kappa shape index (κ1) is 12.5. The summed E-state index contributed by atoms with van der Waals surface area (Å²) in [4.78, 5) is 24.2. The molecule has 2 aliphatic rings. The molecule has 2 aliphatic carbocycles. The van der Waals surface area contributed by atoms with Crippen LogP contribution in [0.25, 0.3) is 0 Å². The number of amides is 1. The highest BCUT2D eigenvalue weighted by molar-refractivity contribution is 7.19. The van der Waals surface area contributed by atoms with Crippen LogP contribution in [0, 0.1) is 5.92 Å². The van der Waals surface area contributed by atoms with Crippen LogP contribution in [0.4, 0.5) is 10.7 Å². The van der Waals surface area contributed by atoms with Gasteiger partial charge in [0.2, 0.25) is 0 Å². The molecule has 2 fully saturated rings. The molecule has 5 nitrogen and oxygen atoms in total. The number of nitrogens with one attached hydrogen (secondary N) is 1. The van der Waals surface area contributed by atoms with Crippen molar-refractivity contribution in [2.75, 3.05) is 11.1 Å². The van der Waals surface area contributed by atoms with E-state index in [1.807, 2.05) is 0 Å². The summed E-state index contributed by atoms with van der Waals surface area (Å²) >= 11 is 1.28. The molecule has 3 rings (SSSR count). The number of nitrogens with two attached hydrogens (primary N) is 2. The molecule has 6 heteroatoms. The fourth-order valence-corrected chi connectivity index (χ4v) is 3.46. The Morgan fingerprint density at radius 1 is 1.21 bits per heavy atom. The molecular formula is C13H17N3O2S. The van der Waals surface area contributed by atoms with Gasteiger partial charge in [-0.1, -0.05) is 0 Å². The number of hydrogen-bond donors (Lipinski definition) is 3. The van der Waals surface area contributed by atoms with E-state index >= 15 is 0 Å². The Balaban J connectivity index is 1.94. The van der Waals surface area contributed by atoms with E-state index in [4.69, 9.17) is 11.5 Å². The van der Waals surface area contributed by atoms with Crippen LogP contribution in [0.15, 0.2) is 0 Å². The number of carbonyl (C=O) groups excluding carboxylic acids is 2. The molecule has 19 heavy (non-hydrogen) atoms. The summed E-state index contributed by atoms with van der Waals surface area (Å²) in [6, 6.07) is 0.375. The van der Waals surface area contributed by atoms with Gasteiger partial charge in [-0.15, -0.1) is 11.3 Å². The number of ketones is 1. The van der Waals surface area contributed by atoms with Gasteiger partial charge < -0.3 is 16.8 Å². The number of Topliss-reactive ketones (excluding diaryl/α,β-unsaturated/α-hetero) is 1. The lowest BCUT2D eigenvalue weighted by Gasteiger charge is -2.27. The number of anilines is 2. The number of nitrogen functional groups attached to an aromatic ring is 1. The molecule has 1 amide bonds. The van der Waals surface area contributed by atoms with E-state index in [2.05, 4.69) is 5.32 Å². The molecule has 2 saturated carbocycles. The van der Waals surface area contributed by atoms with E-state index in [9.17, 15) is 9.59 Å². The fourth-order valence-electron chi connectivity index (χ4n) is 2.24. The van der Waals surface area contributed by atoms with Crippen molar-refractivity contribution in [1.82, 2.24) is 0 Å². The molecule has 1 heterocycles. The molecule has 0 radical (unpaired) electrons. The van der Waals surface area contributed by atoms with Gasteiger partial charge in [-0.2, -0.15) is 0 Å². The van der Waals surface area contributed by atoms with Crippen molar-refractivity contribution in [3.63, 3.8) is 0 Å². The lowest BCUT2D eigenvalue weighted by molar-refractivity contribution is 0.0972. The number of thiophene rings is 1. The summed E-state index contributed by atoms with van der Waals surface area (Å²) < 4.78 is 0. The monoisotopic (exact) mass is 279 g/mol. The van der Waals surface area contributed by atoms with Crippen LogP contribution in [0.1, 0.15) is 52.1 Å². The van der Waals surface area contributed by atoms with Gasteiger partial charge in [0.05, 0.1) is 16.1 Å². The summed E-state index contributed by atoms with van der Waals surface area (Å²) in [5, 5.41) is 3.95. The highest BCUT2D eigenvalue weighted by Crippen LogP contribution is 2.42. The average molecular weight is 279 g/mol. The lowest BCUT2D eigenvalue weighted by atomic mass is 9.93. The summed E-state index contributed by atoms with van der Waals surface area (Å²) in [6.45, 7) is 0. The lowest BCUT2D eigenvalue weighted by Crippen LogP contribution is -2.27. The highest BCUT2D eigenvalue weighted by atomic mass is 32.1. The Morgan fingerprint density at radius 3 is 2.37 bits per heavy atom. The summed E-state index contributed by atoms with van der Waals surface area (Å²) in [7, 11) is 0. The molecule has 0 aliphatic heterocycles. The molecule has 102 valence electrons. The predicted octanol–water partition coefficient (Wildman–Crippen LogP) is 1.99. The maximum atomic E-state index is 12.1. The predicted molar refractivity (Wildman–Crippen MR) is 75.6 cm³/mol. The summed E-state index contributed by atoms with van der Waals surface area (Å²) in [5.41, 5.74) is 11.9. The zero-order chi connectivity index (χ0) is 13.6. The molecule has 0 aromatic carbocycles. The van der Waals surface area contributed by atoms with Gasteiger partial charge in [0.1, 0.15) is 5.00 Å². The fraction of sp³-hybridized carbons (Fsp3) is 0.538.